The summed E-state index contributed by atoms with van der Waals surface area (Å²) < 4.78 is 5.27. The van der Waals surface area contributed by atoms with Gasteiger partial charge in [-0.1, -0.05) is 12.1 Å². The van der Waals surface area contributed by atoms with Gasteiger partial charge in [0, 0.05) is 17.4 Å². The number of methoxy groups -OCH3 is 1. The van der Waals surface area contributed by atoms with Gasteiger partial charge in [0.1, 0.15) is 16.8 Å². The van der Waals surface area contributed by atoms with Gasteiger partial charge < -0.3 is 15.2 Å². The van der Waals surface area contributed by atoms with Crippen molar-refractivity contribution in [1.82, 2.24) is 0 Å². The van der Waals surface area contributed by atoms with Crippen LogP contribution in [0.3, 0.4) is 0 Å². The molecule has 1 aromatic carbocycles. The van der Waals surface area contributed by atoms with E-state index < -0.39 is 0 Å². The van der Waals surface area contributed by atoms with Crippen LogP contribution in [0.15, 0.2) is 24.3 Å². The minimum absolute atomic E-state index is 0.0170. The highest BCUT2D eigenvalue weighted by molar-refractivity contribution is 7.16. The molecule has 2 aliphatic carbocycles. The summed E-state index contributed by atoms with van der Waals surface area (Å²) in [5, 5.41) is 22.7. The molecule has 3 unspecified atom stereocenters. The van der Waals surface area contributed by atoms with Crippen molar-refractivity contribution in [3.05, 3.63) is 45.8 Å². The van der Waals surface area contributed by atoms with E-state index in [9.17, 15) is 15.2 Å². The quantitative estimate of drug-likeness (QED) is 0.830. The fourth-order valence-corrected chi connectivity index (χ4v) is 5.26. The SMILES string of the molecule is COc1cccc(C2CC2C(=O)Nc2sc3c(c2C#N)CCC(CO)C3)c1. The Bertz CT molecular complexity index is 915. The molecule has 140 valence electrons. The molecule has 1 saturated carbocycles. The van der Waals surface area contributed by atoms with Crippen molar-refractivity contribution in [1.29, 1.82) is 5.26 Å². The topological polar surface area (TPSA) is 82.3 Å². The summed E-state index contributed by atoms with van der Waals surface area (Å²) in [6, 6.07) is 10.1. The summed E-state index contributed by atoms with van der Waals surface area (Å²) >= 11 is 1.50. The van der Waals surface area contributed by atoms with E-state index in [1.54, 1.807) is 7.11 Å². The number of hydrogen-bond acceptors (Lipinski definition) is 5. The smallest absolute Gasteiger partial charge is 0.228 e. The first-order valence-electron chi connectivity index (χ1n) is 9.24. The summed E-state index contributed by atoms with van der Waals surface area (Å²) in [7, 11) is 1.64. The number of aliphatic hydroxyl groups is 1. The first-order chi connectivity index (χ1) is 13.1. The van der Waals surface area contributed by atoms with Crippen LogP contribution in [0.5, 0.6) is 5.75 Å². The zero-order chi connectivity index (χ0) is 19.0. The van der Waals surface area contributed by atoms with Gasteiger partial charge in [-0.05, 0) is 60.8 Å². The molecule has 0 radical (unpaired) electrons. The zero-order valence-electron chi connectivity index (χ0n) is 15.2. The summed E-state index contributed by atoms with van der Waals surface area (Å²) in [5.41, 5.74) is 2.78. The third kappa shape index (κ3) is 3.45. The second-order valence-corrected chi connectivity index (χ2v) is 8.43. The van der Waals surface area contributed by atoms with Gasteiger partial charge in [-0.15, -0.1) is 11.3 Å². The van der Waals surface area contributed by atoms with Crippen LogP contribution < -0.4 is 10.1 Å². The van der Waals surface area contributed by atoms with Crippen molar-refractivity contribution < 1.29 is 14.6 Å². The minimum atomic E-state index is -0.0621. The standard InChI is InChI=1S/C21H22N2O3S/c1-26-14-4-2-3-13(8-14)16-9-17(16)20(25)23-21-18(10-22)15-6-5-12(11-24)7-19(15)27-21/h2-4,8,12,16-17,24H,5-7,9,11H2,1H3,(H,23,25). The predicted octanol–water partition coefficient (Wildman–Crippen LogP) is 3.47. The van der Waals surface area contributed by atoms with Gasteiger partial charge in [-0.3, -0.25) is 4.79 Å². The third-order valence-electron chi connectivity index (χ3n) is 5.62. The Morgan fingerprint density at radius 1 is 1.48 bits per heavy atom. The molecular formula is C21H22N2O3S. The fourth-order valence-electron chi connectivity index (χ4n) is 3.95. The maximum Gasteiger partial charge on any atom is 0.228 e. The van der Waals surface area contributed by atoms with E-state index in [0.717, 1.165) is 47.4 Å². The van der Waals surface area contributed by atoms with Gasteiger partial charge in [-0.25, -0.2) is 0 Å². The predicted molar refractivity (Wildman–Crippen MR) is 104 cm³/mol. The number of aliphatic hydroxyl groups excluding tert-OH is 1. The highest BCUT2D eigenvalue weighted by Crippen LogP contribution is 2.49. The molecule has 2 aromatic rings. The van der Waals surface area contributed by atoms with Gasteiger partial charge in [0.15, 0.2) is 0 Å². The Morgan fingerprint density at radius 3 is 3.07 bits per heavy atom. The lowest BCUT2D eigenvalue weighted by Gasteiger charge is -2.19. The first kappa shape index (κ1) is 18.0. The van der Waals surface area contributed by atoms with Crippen molar-refractivity contribution in [2.45, 2.75) is 31.6 Å². The maximum atomic E-state index is 12.7. The molecular weight excluding hydrogens is 360 g/mol. The number of thiophene rings is 1. The van der Waals surface area contributed by atoms with E-state index in [-0.39, 0.29) is 30.3 Å². The first-order valence-corrected chi connectivity index (χ1v) is 10.1. The molecule has 0 spiro atoms. The number of hydrogen-bond donors (Lipinski definition) is 2. The van der Waals surface area contributed by atoms with E-state index in [4.69, 9.17) is 4.74 Å². The Morgan fingerprint density at radius 2 is 2.33 bits per heavy atom. The highest BCUT2D eigenvalue weighted by atomic mass is 32.1. The van der Waals surface area contributed by atoms with E-state index in [1.807, 2.05) is 24.3 Å². The summed E-state index contributed by atoms with van der Waals surface area (Å²) in [4.78, 5) is 13.9. The van der Waals surface area contributed by atoms with Crippen LogP contribution >= 0.6 is 11.3 Å². The van der Waals surface area contributed by atoms with Crippen molar-refractivity contribution in [3.8, 4) is 11.8 Å². The van der Waals surface area contributed by atoms with Crippen LogP contribution in [0.25, 0.3) is 0 Å². The molecule has 1 aromatic heterocycles. The molecule has 2 N–H and O–H groups in total. The number of nitriles is 1. The number of ether oxygens (including phenoxy) is 1. The van der Waals surface area contributed by atoms with Crippen LogP contribution in [-0.4, -0.2) is 24.7 Å². The molecule has 3 atom stereocenters. The van der Waals surface area contributed by atoms with Gasteiger partial charge in [0.05, 0.1) is 12.7 Å². The number of nitrogens with one attached hydrogen (secondary N) is 1. The lowest BCUT2D eigenvalue weighted by molar-refractivity contribution is -0.117. The summed E-state index contributed by atoms with van der Waals surface area (Å²) in [5.74, 6) is 1.19. The molecule has 5 nitrogen and oxygen atoms in total. The number of rotatable bonds is 5. The monoisotopic (exact) mass is 382 g/mol. The van der Waals surface area contributed by atoms with Gasteiger partial charge >= 0.3 is 0 Å². The lowest BCUT2D eigenvalue weighted by atomic mass is 9.88. The Kier molecular flexibility index (Phi) is 4.90. The zero-order valence-corrected chi connectivity index (χ0v) is 16.0. The number of carbonyl (C=O) groups is 1. The van der Waals surface area contributed by atoms with Crippen molar-refractivity contribution >= 4 is 22.2 Å². The molecule has 6 heteroatoms. The van der Waals surface area contributed by atoms with Gasteiger partial charge in [0.2, 0.25) is 5.91 Å². The number of amides is 1. The summed E-state index contributed by atoms with van der Waals surface area (Å²) in [6.07, 6.45) is 3.30. The van der Waals surface area contributed by atoms with Crippen LogP contribution in [0.2, 0.25) is 0 Å². The molecule has 1 amide bonds. The molecule has 27 heavy (non-hydrogen) atoms. The van der Waals surface area contributed by atoms with Gasteiger partial charge in [-0.2, -0.15) is 5.26 Å². The van der Waals surface area contributed by atoms with E-state index >= 15 is 0 Å². The molecule has 0 saturated heterocycles. The third-order valence-corrected chi connectivity index (χ3v) is 6.79. The van der Waals surface area contributed by atoms with Gasteiger partial charge in [0.25, 0.3) is 0 Å². The average Bonchev–Trinajstić information content (AvgIpc) is 3.43. The van der Waals surface area contributed by atoms with E-state index in [0.29, 0.717) is 10.6 Å². The summed E-state index contributed by atoms with van der Waals surface area (Å²) in [6.45, 7) is 0.172. The van der Waals surface area contributed by atoms with Crippen molar-refractivity contribution in [2.75, 3.05) is 19.0 Å². The lowest BCUT2D eigenvalue weighted by Crippen LogP contribution is -2.16. The second kappa shape index (κ2) is 7.34. The molecule has 0 aliphatic heterocycles. The second-order valence-electron chi connectivity index (χ2n) is 7.33. The van der Waals surface area contributed by atoms with Crippen LogP contribution in [0.1, 0.15) is 40.3 Å². The largest absolute Gasteiger partial charge is 0.497 e. The highest BCUT2D eigenvalue weighted by Gasteiger charge is 2.44. The fraction of sp³-hybridized carbons (Fsp3) is 0.429. The molecule has 4 rings (SSSR count). The number of benzene rings is 1. The van der Waals surface area contributed by atoms with Crippen molar-refractivity contribution in [3.63, 3.8) is 0 Å². The Labute approximate surface area is 162 Å². The minimum Gasteiger partial charge on any atom is -0.497 e. The van der Waals surface area contributed by atoms with Crippen molar-refractivity contribution in [2.24, 2.45) is 11.8 Å². The normalized spacial score (nSPS) is 23.2. The molecule has 1 heterocycles. The Balaban J connectivity index is 1.48. The van der Waals surface area contributed by atoms with Crippen LogP contribution in [0, 0.1) is 23.2 Å². The van der Waals surface area contributed by atoms with E-state index in [2.05, 4.69) is 11.4 Å². The van der Waals surface area contributed by atoms with E-state index in [1.165, 1.54) is 11.3 Å². The number of carbonyl (C=O) groups excluding carboxylic acids is 1. The average molecular weight is 382 g/mol. The van der Waals surface area contributed by atoms with Crippen LogP contribution in [0.4, 0.5) is 5.00 Å². The number of fused-ring (bicyclic) bond motifs is 1. The molecule has 2 aliphatic rings. The number of nitrogens with zero attached hydrogens (tertiary/aromatic N) is 1. The maximum absolute atomic E-state index is 12.7. The molecule has 0 bridgehead atoms. The van der Waals surface area contributed by atoms with Crippen LogP contribution in [-0.2, 0) is 17.6 Å². The molecule has 1 fully saturated rings. The Hall–Kier alpha value is -2.36. The number of anilines is 1.